The standard InChI is InChI=1S/C15H30O4/c1-7-9-13(11-17-6)14(12(3)16)18-19-15(4,5)10-8-2/h13-14H,7-11H2,1-6H3. The fourth-order valence-corrected chi connectivity index (χ4v) is 2.21. The molecule has 2 atom stereocenters. The van der Waals surface area contributed by atoms with Gasteiger partial charge in [0.25, 0.3) is 0 Å². The molecule has 0 amide bonds. The van der Waals surface area contributed by atoms with Gasteiger partial charge in [0, 0.05) is 13.0 Å². The smallest absolute Gasteiger partial charge is 0.162 e. The molecule has 2 unspecified atom stereocenters. The minimum absolute atomic E-state index is 0.0113. The Labute approximate surface area is 117 Å². The molecule has 4 heteroatoms. The van der Waals surface area contributed by atoms with Crippen molar-refractivity contribution in [1.29, 1.82) is 0 Å². The SMILES string of the molecule is CCCC(COC)C(OOC(C)(C)CCC)C(C)=O. The number of hydrogen-bond acceptors (Lipinski definition) is 4. The van der Waals surface area contributed by atoms with Gasteiger partial charge in [-0.05, 0) is 33.6 Å². The molecule has 0 aliphatic rings. The predicted octanol–water partition coefficient (Wildman–Crippen LogP) is 3.53. The van der Waals surface area contributed by atoms with Crippen LogP contribution in [0.5, 0.6) is 0 Å². The number of ketones is 1. The van der Waals surface area contributed by atoms with E-state index in [1.54, 1.807) is 14.0 Å². The van der Waals surface area contributed by atoms with Crippen molar-refractivity contribution in [3.05, 3.63) is 0 Å². The minimum Gasteiger partial charge on any atom is -0.384 e. The lowest BCUT2D eigenvalue weighted by Crippen LogP contribution is -2.37. The maximum atomic E-state index is 11.7. The molecule has 114 valence electrons. The zero-order valence-corrected chi connectivity index (χ0v) is 13.3. The van der Waals surface area contributed by atoms with Crippen molar-refractivity contribution >= 4 is 5.78 Å². The van der Waals surface area contributed by atoms with E-state index in [2.05, 4.69) is 13.8 Å². The van der Waals surface area contributed by atoms with Gasteiger partial charge in [0.1, 0.15) is 0 Å². The largest absolute Gasteiger partial charge is 0.384 e. The molecule has 0 aromatic carbocycles. The molecule has 0 radical (unpaired) electrons. The first kappa shape index (κ1) is 18.6. The molecule has 0 fully saturated rings. The molecular weight excluding hydrogens is 244 g/mol. The van der Waals surface area contributed by atoms with Crippen molar-refractivity contribution in [3.8, 4) is 0 Å². The summed E-state index contributed by atoms with van der Waals surface area (Å²) < 4.78 is 5.18. The van der Waals surface area contributed by atoms with Crippen molar-refractivity contribution in [2.24, 2.45) is 5.92 Å². The molecule has 0 saturated heterocycles. The Hall–Kier alpha value is -0.450. The van der Waals surface area contributed by atoms with Gasteiger partial charge in [0.15, 0.2) is 11.9 Å². The van der Waals surface area contributed by atoms with Crippen LogP contribution >= 0.6 is 0 Å². The lowest BCUT2D eigenvalue weighted by atomic mass is 9.95. The zero-order valence-electron chi connectivity index (χ0n) is 13.3. The van der Waals surface area contributed by atoms with Crippen molar-refractivity contribution in [2.45, 2.75) is 72.0 Å². The summed E-state index contributed by atoms with van der Waals surface area (Å²) in [5, 5.41) is 0. The third-order valence-electron chi connectivity index (χ3n) is 3.10. The van der Waals surface area contributed by atoms with Crippen LogP contribution in [-0.4, -0.2) is 31.2 Å². The lowest BCUT2D eigenvalue weighted by molar-refractivity contribution is -0.377. The van der Waals surface area contributed by atoms with Gasteiger partial charge in [-0.3, -0.25) is 4.79 Å². The highest BCUT2D eigenvalue weighted by atomic mass is 17.2. The molecule has 4 nitrogen and oxygen atoms in total. The van der Waals surface area contributed by atoms with E-state index in [-0.39, 0.29) is 17.3 Å². The minimum atomic E-state index is -0.545. The Morgan fingerprint density at radius 1 is 1.21 bits per heavy atom. The first-order valence-electron chi connectivity index (χ1n) is 7.21. The number of hydrogen-bond donors (Lipinski definition) is 0. The average Bonchev–Trinajstić information content (AvgIpc) is 2.28. The molecule has 0 aliphatic carbocycles. The van der Waals surface area contributed by atoms with Gasteiger partial charge in [-0.15, -0.1) is 0 Å². The van der Waals surface area contributed by atoms with Crippen LogP contribution in [0.3, 0.4) is 0 Å². The van der Waals surface area contributed by atoms with Gasteiger partial charge >= 0.3 is 0 Å². The average molecular weight is 274 g/mol. The fraction of sp³-hybridized carbons (Fsp3) is 0.933. The Morgan fingerprint density at radius 2 is 1.84 bits per heavy atom. The summed E-state index contributed by atoms with van der Waals surface area (Å²) in [4.78, 5) is 22.7. The lowest BCUT2D eigenvalue weighted by Gasteiger charge is -2.29. The molecule has 0 aliphatic heterocycles. The molecule has 0 saturated carbocycles. The number of Topliss-reactive ketones (excluding diaryl/α,β-unsaturated/α-hetero) is 1. The second-order valence-corrected chi connectivity index (χ2v) is 5.72. The third kappa shape index (κ3) is 7.65. The second kappa shape index (κ2) is 9.45. The summed E-state index contributed by atoms with van der Waals surface area (Å²) in [5.41, 5.74) is -0.369. The van der Waals surface area contributed by atoms with Crippen LogP contribution in [0.4, 0.5) is 0 Å². The van der Waals surface area contributed by atoms with E-state index in [4.69, 9.17) is 14.5 Å². The van der Waals surface area contributed by atoms with Gasteiger partial charge in [-0.1, -0.05) is 26.7 Å². The van der Waals surface area contributed by atoms with E-state index >= 15 is 0 Å². The zero-order chi connectivity index (χ0) is 14.9. The Kier molecular flexibility index (Phi) is 9.23. The van der Waals surface area contributed by atoms with Crippen LogP contribution < -0.4 is 0 Å². The molecular formula is C15H30O4. The molecule has 0 rings (SSSR count). The van der Waals surface area contributed by atoms with E-state index in [9.17, 15) is 4.79 Å². The quantitative estimate of drug-likeness (QED) is 0.427. The fourth-order valence-electron chi connectivity index (χ4n) is 2.21. The molecule has 0 N–H and O–H groups in total. The van der Waals surface area contributed by atoms with E-state index in [0.717, 1.165) is 25.7 Å². The van der Waals surface area contributed by atoms with Gasteiger partial charge < -0.3 is 4.74 Å². The summed E-state index contributed by atoms with van der Waals surface area (Å²) in [6.45, 7) is 10.2. The van der Waals surface area contributed by atoms with E-state index in [1.165, 1.54) is 0 Å². The van der Waals surface area contributed by atoms with Crippen LogP contribution in [0.2, 0.25) is 0 Å². The number of carbonyl (C=O) groups excluding carboxylic acids is 1. The Morgan fingerprint density at radius 3 is 2.26 bits per heavy atom. The van der Waals surface area contributed by atoms with Crippen molar-refractivity contribution in [2.75, 3.05) is 13.7 Å². The highest BCUT2D eigenvalue weighted by Gasteiger charge is 2.30. The van der Waals surface area contributed by atoms with Gasteiger partial charge in [0.05, 0.1) is 12.2 Å². The highest BCUT2D eigenvalue weighted by Crippen LogP contribution is 2.22. The summed E-state index contributed by atoms with van der Waals surface area (Å²) in [6.07, 6.45) is 3.23. The van der Waals surface area contributed by atoms with Crippen LogP contribution in [0, 0.1) is 5.92 Å². The molecule has 0 bridgehead atoms. The van der Waals surface area contributed by atoms with Gasteiger partial charge in [-0.2, -0.15) is 0 Å². The first-order valence-corrected chi connectivity index (χ1v) is 7.21. The number of methoxy groups -OCH3 is 1. The van der Waals surface area contributed by atoms with Crippen molar-refractivity contribution in [3.63, 3.8) is 0 Å². The first-order chi connectivity index (χ1) is 8.87. The molecule has 0 spiro atoms. The summed E-state index contributed by atoms with van der Waals surface area (Å²) in [6, 6.07) is 0. The van der Waals surface area contributed by atoms with Crippen LogP contribution in [0.15, 0.2) is 0 Å². The number of ether oxygens (including phenoxy) is 1. The van der Waals surface area contributed by atoms with Crippen molar-refractivity contribution in [1.82, 2.24) is 0 Å². The van der Waals surface area contributed by atoms with Gasteiger partial charge in [0.2, 0.25) is 0 Å². The van der Waals surface area contributed by atoms with Crippen LogP contribution in [0.1, 0.15) is 60.3 Å². The van der Waals surface area contributed by atoms with E-state index < -0.39 is 6.10 Å². The van der Waals surface area contributed by atoms with Crippen LogP contribution in [0.25, 0.3) is 0 Å². The van der Waals surface area contributed by atoms with Crippen LogP contribution in [-0.2, 0) is 19.3 Å². The third-order valence-corrected chi connectivity index (χ3v) is 3.10. The molecule has 19 heavy (non-hydrogen) atoms. The Bertz CT molecular complexity index is 245. The number of carbonyl (C=O) groups is 1. The maximum Gasteiger partial charge on any atom is 0.162 e. The summed E-state index contributed by atoms with van der Waals surface area (Å²) >= 11 is 0. The maximum absolute atomic E-state index is 11.7. The summed E-state index contributed by atoms with van der Waals surface area (Å²) in [7, 11) is 1.64. The van der Waals surface area contributed by atoms with E-state index in [1.807, 2.05) is 13.8 Å². The number of rotatable bonds is 11. The predicted molar refractivity (Wildman–Crippen MR) is 75.9 cm³/mol. The van der Waals surface area contributed by atoms with Gasteiger partial charge in [-0.25, -0.2) is 9.78 Å². The second-order valence-electron chi connectivity index (χ2n) is 5.72. The normalized spacial score (nSPS) is 15.3. The molecule has 0 aromatic rings. The van der Waals surface area contributed by atoms with E-state index in [0.29, 0.717) is 6.61 Å². The topological polar surface area (TPSA) is 44.8 Å². The molecule has 0 heterocycles. The highest BCUT2D eigenvalue weighted by molar-refractivity contribution is 5.80. The summed E-state index contributed by atoms with van der Waals surface area (Å²) in [5.74, 6) is 0.0349. The Balaban J connectivity index is 4.58. The van der Waals surface area contributed by atoms with Crippen molar-refractivity contribution < 1.29 is 19.3 Å². The monoisotopic (exact) mass is 274 g/mol. The molecule has 0 aromatic heterocycles.